The number of hydrogen-bond acceptors (Lipinski definition) is 3. The first-order chi connectivity index (χ1) is 11.5. The summed E-state index contributed by atoms with van der Waals surface area (Å²) < 4.78 is 0. The molecule has 0 spiro atoms. The summed E-state index contributed by atoms with van der Waals surface area (Å²) in [5, 5.41) is 9.20. The standard InChI is InChI=1S/C20H25NO3/c1-3-10-21(11-4-2)14-18(13-19(22)23)20(24)17-9-8-15-6-5-7-16(15)12-17/h3-4,8-9,12,18H,1-2,5-7,10-11,13-14H2,(H,22,23). The highest BCUT2D eigenvalue weighted by Crippen LogP contribution is 2.25. The van der Waals surface area contributed by atoms with Crippen molar-refractivity contribution in [2.75, 3.05) is 19.6 Å². The Morgan fingerprint density at radius 3 is 2.46 bits per heavy atom. The summed E-state index contributed by atoms with van der Waals surface area (Å²) >= 11 is 0. The van der Waals surface area contributed by atoms with Crippen molar-refractivity contribution in [2.24, 2.45) is 5.92 Å². The zero-order valence-corrected chi connectivity index (χ0v) is 14.0. The fraction of sp³-hybridized carbons (Fsp3) is 0.400. The van der Waals surface area contributed by atoms with E-state index >= 15 is 0 Å². The van der Waals surface area contributed by atoms with Crippen molar-refractivity contribution in [3.8, 4) is 0 Å². The molecule has 1 atom stereocenters. The number of Topliss-reactive ketones (excluding diaryl/α,β-unsaturated/α-hetero) is 1. The van der Waals surface area contributed by atoms with Crippen LogP contribution in [0, 0.1) is 5.92 Å². The summed E-state index contributed by atoms with van der Waals surface area (Å²) in [7, 11) is 0. The highest BCUT2D eigenvalue weighted by molar-refractivity contribution is 5.99. The lowest BCUT2D eigenvalue weighted by molar-refractivity contribution is -0.137. The average molecular weight is 327 g/mol. The summed E-state index contributed by atoms with van der Waals surface area (Å²) in [6.07, 6.45) is 6.52. The number of carbonyl (C=O) groups is 2. The molecule has 1 aromatic rings. The summed E-state index contributed by atoms with van der Waals surface area (Å²) in [6, 6.07) is 5.80. The van der Waals surface area contributed by atoms with Gasteiger partial charge in [0.25, 0.3) is 0 Å². The molecule has 0 fully saturated rings. The van der Waals surface area contributed by atoms with E-state index in [4.69, 9.17) is 0 Å². The number of carbonyl (C=O) groups excluding carboxylic acids is 1. The van der Waals surface area contributed by atoms with Crippen molar-refractivity contribution in [3.63, 3.8) is 0 Å². The molecule has 1 aromatic carbocycles. The van der Waals surface area contributed by atoms with E-state index in [0.29, 0.717) is 25.2 Å². The topological polar surface area (TPSA) is 57.6 Å². The van der Waals surface area contributed by atoms with Crippen molar-refractivity contribution in [2.45, 2.75) is 25.7 Å². The zero-order valence-electron chi connectivity index (χ0n) is 14.0. The number of benzene rings is 1. The predicted molar refractivity (Wildman–Crippen MR) is 95.4 cm³/mol. The molecule has 1 aliphatic carbocycles. The van der Waals surface area contributed by atoms with E-state index < -0.39 is 11.9 Å². The lowest BCUT2D eigenvalue weighted by Crippen LogP contribution is -2.35. The maximum atomic E-state index is 12.9. The normalized spacial score (nSPS) is 14.2. The number of ketones is 1. The van der Waals surface area contributed by atoms with Crippen LogP contribution in [0.1, 0.15) is 34.3 Å². The quantitative estimate of drug-likeness (QED) is 0.530. The van der Waals surface area contributed by atoms with Crippen molar-refractivity contribution >= 4 is 11.8 Å². The number of fused-ring (bicyclic) bond motifs is 1. The first-order valence-corrected chi connectivity index (χ1v) is 8.37. The number of hydrogen-bond donors (Lipinski definition) is 1. The van der Waals surface area contributed by atoms with Crippen LogP contribution in [0.2, 0.25) is 0 Å². The predicted octanol–water partition coefficient (Wildman–Crippen LogP) is 3.12. The SMILES string of the molecule is C=CCN(CC=C)CC(CC(=O)O)C(=O)c1ccc2c(c1)CCC2. The summed E-state index contributed by atoms with van der Waals surface area (Å²) in [6.45, 7) is 9.01. The van der Waals surface area contributed by atoms with Gasteiger partial charge in [-0.2, -0.15) is 0 Å². The number of aryl methyl sites for hydroxylation is 2. The fourth-order valence-corrected chi connectivity index (χ4v) is 3.31. The molecule has 0 saturated heterocycles. The van der Waals surface area contributed by atoms with E-state index in [-0.39, 0.29) is 12.2 Å². The minimum Gasteiger partial charge on any atom is -0.481 e. The van der Waals surface area contributed by atoms with Gasteiger partial charge >= 0.3 is 5.97 Å². The monoisotopic (exact) mass is 327 g/mol. The molecule has 0 heterocycles. The Morgan fingerprint density at radius 2 is 1.83 bits per heavy atom. The maximum absolute atomic E-state index is 12.9. The van der Waals surface area contributed by atoms with Crippen LogP contribution in [0.5, 0.6) is 0 Å². The van der Waals surface area contributed by atoms with Gasteiger partial charge in [-0.1, -0.05) is 24.3 Å². The third kappa shape index (κ3) is 4.65. The Balaban J connectivity index is 2.19. The summed E-state index contributed by atoms with van der Waals surface area (Å²) in [5.74, 6) is -1.61. The Morgan fingerprint density at radius 1 is 1.17 bits per heavy atom. The molecule has 1 unspecified atom stereocenters. The van der Waals surface area contributed by atoms with Gasteiger partial charge in [-0.05, 0) is 36.5 Å². The van der Waals surface area contributed by atoms with Crippen LogP contribution in [-0.4, -0.2) is 41.4 Å². The molecule has 1 aliphatic rings. The Kier molecular flexibility index (Phi) is 6.50. The number of rotatable bonds is 10. The minimum absolute atomic E-state index is 0.0924. The lowest BCUT2D eigenvalue weighted by atomic mass is 9.92. The first kappa shape index (κ1) is 18.1. The molecule has 0 radical (unpaired) electrons. The van der Waals surface area contributed by atoms with Crippen LogP contribution in [-0.2, 0) is 17.6 Å². The lowest BCUT2D eigenvalue weighted by Gasteiger charge is -2.24. The molecule has 0 saturated carbocycles. The van der Waals surface area contributed by atoms with E-state index in [9.17, 15) is 14.7 Å². The van der Waals surface area contributed by atoms with Crippen LogP contribution in [0.4, 0.5) is 0 Å². The molecule has 0 bridgehead atoms. The largest absolute Gasteiger partial charge is 0.481 e. The second kappa shape index (κ2) is 8.60. The van der Waals surface area contributed by atoms with Gasteiger partial charge in [-0.3, -0.25) is 14.5 Å². The van der Waals surface area contributed by atoms with Gasteiger partial charge in [0.1, 0.15) is 0 Å². The Labute approximate surface area is 143 Å². The zero-order chi connectivity index (χ0) is 17.5. The van der Waals surface area contributed by atoms with Gasteiger partial charge in [-0.25, -0.2) is 0 Å². The highest BCUT2D eigenvalue weighted by atomic mass is 16.4. The molecule has 0 aliphatic heterocycles. The van der Waals surface area contributed by atoms with Crippen molar-refractivity contribution < 1.29 is 14.7 Å². The van der Waals surface area contributed by atoms with E-state index in [1.54, 1.807) is 12.2 Å². The fourth-order valence-electron chi connectivity index (χ4n) is 3.31. The second-order valence-corrected chi connectivity index (χ2v) is 6.29. The van der Waals surface area contributed by atoms with Crippen molar-refractivity contribution in [3.05, 3.63) is 60.2 Å². The van der Waals surface area contributed by atoms with E-state index in [2.05, 4.69) is 13.2 Å². The van der Waals surface area contributed by atoms with Gasteiger partial charge in [0.2, 0.25) is 0 Å². The molecule has 128 valence electrons. The number of carboxylic acid groups (broad SMARTS) is 1. The highest BCUT2D eigenvalue weighted by Gasteiger charge is 2.26. The van der Waals surface area contributed by atoms with Crippen LogP contribution in [0.25, 0.3) is 0 Å². The van der Waals surface area contributed by atoms with E-state index in [1.165, 1.54) is 11.1 Å². The number of nitrogens with zero attached hydrogens (tertiary/aromatic N) is 1. The van der Waals surface area contributed by atoms with Gasteiger partial charge < -0.3 is 5.11 Å². The third-order valence-electron chi connectivity index (χ3n) is 4.43. The number of aliphatic carboxylic acids is 1. The van der Waals surface area contributed by atoms with Crippen LogP contribution >= 0.6 is 0 Å². The summed E-state index contributed by atoms with van der Waals surface area (Å²) in [5.41, 5.74) is 3.16. The summed E-state index contributed by atoms with van der Waals surface area (Å²) in [4.78, 5) is 26.1. The average Bonchev–Trinajstić information content (AvgIpc) is 3.01. The first-order valence-electron chi connectivity index (χ1n) is 8.37. The Hall–Kier alpha value is -2.20. The minimum atomic E-state index is -0.952. The van der Waals surface area contributed by atoms with Gasteiger partial charge in [-0.15, -0.1) is 13.2 Å². The van der Waals surface area contributed by atoms with Crippen LogP contribution in [0.3, 0.4) is 0 Å². The molecule has 0 aromatic heterocycles. The van der Waals surface area contributed by atoms with Gasteiger partial charge in [0, 0.05) is 31.1 Å². The molecule has 4 nitrogen and oxygen atoms in total. The van der Waals surface area contributed by atoms with Gasteiger partial charge in [0.05, 0.1) is 6.42 Å². The second-order valence-electron chi connectivity index (χ2n) is 6.29. The molecule has 24 heavy (non-hydrogen) atoms. The molecule has 1 N–H and O–H groups in total. The molecular formula is C20H25NO3. The van der Waals surface area contributed by atoms with Crippen LogP contribution < -0.4 is 0 Å². The number of carboxylic acids is 1. The smallest absolute Gasteiger partial charge is 0.304 e. The van der Waals surface area contributed by atoms with Gasteiger partial charge in [0.15, 0.2) is 5.78 Å². The molecule has 4 heteroatoms. The van der Waals surface area contributed by atoms with Crippen molar-refractivity contribution in [1.82, 2.24) is 4.90 Å². The van der Waals surface area contributed by atoms with Crippen molar-refractivity contribution in [1.29, 1.82) is 0 Å². The molecular weight excluding hydrogens is 302 g/mol. The van der Waals surface area contributed by atoms with Crippen LogP contribution in [0.15, 0.2) is 43.5 Å². The Bertz CT molecular complexity index is 626. The molecule has 0 amide bonds. The van der Waals surface area contributed by atoms with E-state index in [0.717, 1.165) is 19.3 Å². The maximum Gasteiger partial charge on any atom is 0.304 e. The third-order valence-corrected chi connectivity index (χ3v) is 4.43. The van der Waals surface area contributed by atoms with E-state index in [1.807, 2.05) is 23.1 Å². The molecule has 2 rings (SSSR count).